The van der Waals surface area contributed by atoms with Gasteiger partial charge in [0.05, 0.1) is 11.4 Å². The number of hydrazine groups is 1. The Labute approximate surface area is 113 Å². The second-order valence-corrected chi connectivity index (χ2v) is 4.97. The fourth-order valence-corrected chi connectivity index (χ4v) is 1.77. The normalized spacial score (nSPS) is 9.88. The fourth-order valence-electron chi connectivity index (χ4n) is 1.43. The van der Waals surface area contributed by atoms with Crippen molar-refractivity contribution in [1.29, 1.82) is 0 Å². The molecule has 0 amide bonds. The Morgan fingerprint density at radius 2 is 1.82 bits per heavy atom. The molecule has 17 heavy (non-hydrogen) atoms. The van der Waals surface area contributed by atoms with Gasteiger partial charge in [-0.2, -0.15) is 0 Å². The van der Waals surface area contributed by atoms with E-state index in [9.17, 15) is 0 Å². The molecule has 0 fully saturated rings. The molecule has 0 heterocycles. The van der Waals surface area contributed by atoms with Crippen LogP contribution in [0.4, 0.5) is 11.4 Å². The lowest BCUT2D eigenvalue weighted by Gasteiger charge is -2.23. The number of nitrogens with two attached hydrogens (primary N) is 2. The van der Waals surface area contributed by atoms with Crippen molar-refractivity contribution in [3.05, 3.63) is 22.2 Å². The monoisotopic (exact) mass is 301 g/mol. The Morgan fingerprint density at radius 1 is 1.29 bits per heavy atom. The van der Waals surface area contributed by atoms with Gasteiger partial charge in [0.2, 0.25) is 0 Å². The molecule has 0 spiro atoms. The summed E-state index contributed by atoms with van der Waals surface area (Å²) >= 11 is 3.46. The molecule has 4 heteroatoms. The number of aryl methyl sites for hydroxylation is 1. The lowest BCUT2D eigenvalue weighted by atomic mass is 10.1. The van der Waals surface area contributed by atoms with E-state index in [0.29, 0.717) is 11.6 Å². The van der Waals surface area contributed by atoms with E-state index in [0.717, 1.165) is 22.3 Å². The van der Waals surface area contributed by atoms with E-state index in [2.05, 4.69) is 29.8 Å². The van der Waals surface area contributed by atoms with Gasteiger partial charge in [-0.15, -0.1) is 0 Å². The van der Waals surface area contributed by atoms with E-state index in [1.54, 1.807) is 5.01 Å². The summed E-state index contributed by atoms with van der Waals surface area (Å²) in [6.07, 6.45) is 0. The maximum atomic E-state index is 5.99. The standard InChI is InChI=1S/C11H18BrN3.C2H6/c1-7(2)6-15(14)9-5-4-8(3)10(12)11(9)13;1-2/h4-5,7H,6,13-14H2,1-3H3;1-2H3. The van der Waals surface area contributed by atoms with Gasteiger partial charge in [-0.25, -0.2) is 5.84 Å². The number of hydrogen-bond donors (Lipinski definition) is 2. The van der Waals surface area contributed by atoms with Gasteiger partial charge in [0.25, 0.3) is 0 Å². The van der Waals surface area contributed by atoms with Crippen LogP contribution in [0, 0.1) is 12.8 Å². The minimum Gasteiger partial charge on any atom is -0.396 e. The maximum Gasteiger partial charge on any atom is 0.0758 e. The predicted octanol–water partition coefficient (Wildman–Crippen LogP) is 3.70. The maximum absolute atomic E-state index is 5.99. The molecule has 0 radical (unpaired) electrons. The molecule has 0 aliphatic heterocycles. The van der Waals surface area contributed by atoms with Crippen LogP contribution in [0.25, 0.3) is 0 Å². The third kappa shape index (κ3) is 4.56. The van der Waals surface area contributed by atoms with Crippen LogP contribution in [0.5, 0.6) is 0 Å². The van der Waals surface area contributed by atoms with Crippen molar-refractivity contribution >= 4 is 27.3 Å². The van der Waals surface area contributed by atoms with Gasteiger partial charge in [-0.05, 0) is 40.4 Å². The highest BCUT2D eigenvalue weighted by Gasteiger charge is 2.11. The highest BCUT2D eigenvalue weighted by atomic mass is 79.9. The lowest BCUT2D eigenvalue weighted by molar-refractivity contribution is 0.621. The first-order valence-electron chi connectivity index (χ1n) is 6.00. The molecule has 0 aromatic heterocycles. The van der Waals surface area contributed by atoms with E-state index in [1.165, 1.54) is 0 Å². The largest absolute Gasteiger partial charge is 0.396 e. The number of nitrogen functional groups attached to an aromatic ring is 1. The van der Waals surface area contributed by atoms with Gasteiger partial charge < -0.3 is 10.7 Å². The first-order chi connectivity index (χ1) is 7.93. The fraction of sp³-hybridized carbons (Fsp3) is 0.538. The van der Waals surface area contributed by atoms with E-state index < -0.39 is 0 Å². The summed E-state index contributed by atoms with van der Waals surface area (Å²) in [5.41, 5.74) is 8.69. The molecule has 1 rings (SSSR count). The molecule has 0 bridgehead atoms. The molecule has 0 atom stereocenters. The SMILES string of the molecule is CC.Cc1ccc(N(N)CC(C)C)c(N)c1Br. The van der Waals surface area contributed by atoms with Crippen LogP contribution >= 0.6 is 15.9 Å². The molecule has 0 saturated carbocycles. The molecular formula is C13H24BrN3. The summed E-state index contributed by atoms with van der Waals surface area (Å²) in [6.45, 7) is 11.0. The first kappa shape index (κ1) is 16.3. The highest BCUT2D eigenvalue weighted by molar-refractivity contribution is 9.10. The van der Waals surface area contributed by atoms with E-state index in [-0.39, 0.29) is 0 Å². The van der Waals surface area contributed by atoms with E-state index >= 15 is 0 Å². The van der Waals surface area contributed by atoms with Crippen molar-refractivity contribution in [2.45, 2.75) is 34.6 Å². The molecule has 1 aromatic carbocycles. The van der Waals surface area contributed by atoms with Crippen molar-refractivity contribution in [3.63, 3.8) is 0 Å². The Kier molecular flexibility index (Phi) is 7.23. The van der Waals surface area contributed by atoms with Crippen LogP contribution in [0.1, 0.15) is 33.3 Å². The van der Waals surface area contributed by atoms with Crippen LogP contribution in [-0.2, 0) is 0 Å². The second kappa shape index (κ2) is 7.56. The summed E-state index contributed by atoms with van der Waals surface area (Å²) in [4.78, 5) is 0. The topological polar surface area (TPSA) is 55.3 Å². The zero-order chi connectivity index (χ0) is 13.6. The predicted molar refractivity (Wildman–Crippen MR) is 81.0 cm³/mol. The molecule has 4 N–H and O–H groups in total. The Hall–Kier alpha value is -0.740. The smallest absolute Gasteiger partial charge is 0.0758 e. The van der Waals surface area contributed by atoms with Crippen molar-refractivity contribution < 1.29 is 0 Å². The van der Waals surface area contributed by atoms with Gasteiger partial charge in [-0.1, -0.05) is 33.8 Å². The van der Waals surface area contributed by atoms with Crippen LogP contribution in [0.2, 0.25) is 0 Å². The average Bonchev–Trinajstić information content (AvgIpc) is 2.27. The number of anilines is 2. The minimum atomic E-state index is 0.509. The summed E-state index contributed by atoms with van der Waals surface area (Å²) in [6, 6.07) is 3.97. The molecule has 0 aliphatic rings. The van der Waals surface area contributed by atoms with Crippen molar-refractivity contribution in [3.8, 4) is 0 Å². The highest BCUT2D eigenvalue weighted by Crippen LogP contribution is 2.32. The van der Waals surface area contributed by atoms with E-state index in [4.69, 9.17) is 11.6 Å². The van der Waals surface area contributed by atoms with Gasteiger partial charge in [0.15, 0.2) is 0 Å². The van der Waals surface area contributed by atoms with Crippen molar-refractivity contribution in [2.24, 2.45) is 11.8 Å². The van der Waals surface area contributed by atoms with E-state index in [1.807, 2.05) is 32.9 Å². The zero-order valence-electron chi connectivity index (χ0n) is 11.4. The first-order valence-corrected chi connectivity index (χ1v) is 6.79. The average molecular weight is 302 g/mol. The van der Waals surface area contributed by atoms with Gasteiger partial charge in [0.1, 0.15) is 0 Å². The Balaban J connectivity index is 0.00000121. The molecule has 0 saturated heterocycles. The third-order valence-corrected chi connectivity index (χ3v) is 3.27. The Morgan fingerprint density at radius 3 is 2.29 bits per heavy atom. The van der Waals surface area contributed by atoms with Crippen LogP contribution < -0.4 is 16.6 Å². The lowest BCUT2D eigenvalue weighted by Crippen LogP contribution is -2.35. The third-order valence-electron chi connectivity index (χ3n) is 2.22. The Bertz CT molecular complexity index is 351. The zero-order valence-corrected chi connectivity index (χ0v) is 13.0. The molecule has 3 nitrogen and oxygen atoms in total. The minimum absolute atomic E-state index is 0.509. The summed E-state index contributed by atoms with van der Waals surface area (Å²) < 4.78 is 0.930. The number of rotatable bonds is 3. The molecule has 1 aromatic rings. The van der Waals surface area contributed by atoms with Crippen molar-refractivity contribution in [2.75, 3.05) is 17.3 Å². The second-order valence-electron chi connectivity index (χ2n) is 4.18. The molecular weight excluding hydrogens is 278 g/mol. The van der Waals surface area contributed by atoms with Crippen LogP contribution in [0.3, 0.4) is 0 Å². The number of nitrogens with zero attached hydrogens (tertiary/aromatic N) is 1. The van der Waals surface area contributed by atoms with Gasteiger partial charge >= 0.3 is 0 Å². The van der Waals surface area contributed by atoms with Crippen LogP contribution in [-0.4, -0.2) is 6.54 Å². The number of halogens is 1. The molecule has 98 valence electrons. The summed E-state index contributed by atoms with van der Waals surface area (Å²) in [5.74, 6) is 6.46. The summed E-state index contributed by atoms with van der Waals surface area (Å²) in [7, 11) is 0. The van der Waals surface area contributed by atoms with Gasteiger partial charge in [-0.3, -0.25) is 0 Å². The quantitative estimate of drug-likeness (QED) is 0.508. The van der Waals surface area contributed by atoms with Crippen LogP contribution in [0.15, 0.2) is 16.6 Å². The molecule has 0 aliphatic carbocycles. The number of benzene rings is 1. The molecule has 0 unspecified atom stereocenters. The van der Waals surface area contributed by atoms with Gasteiger partial charge in [0, 0.05) is 11.0 Å². The number of hydrogen-bond acceptors (Lipinski definition) is 3. The van der Waals surface area contributed by atoms with Crippen molar-refractivity contribution in [1.82, 2.24) is 0 Å². The summed E-state index contributed by atoms with van der Waals surface area (Å²) in [5, 5.41) is 1.70.